The molecule has 0 aliphatic heterocycles. The number of amides is 4. The van der Waals surface area contributed by atoms with Gasteiger partial charge in [-0.15, -0.1) is 0 Å². The molecule has 0 aromatic heterocycles. The van der Waals surface area contributed by atoms with Crippen molar-refractivity contribution in [2.45, 2.75) is 77.2 Å². The number of aliphatic carboxylic acids is 1. The number of carbonyl (C=O) groups is 5. The van der Waals surface area contributed by atoms with E-state index in [1.165, 1.54) is 13.8 Å². The molecule has 0 saturated carbocycles. The number of carbonyl (C=O) groups excluding carboxylic acids is 4. The molecular formula is C18H33N5O7. The summed E-state index contributed by atoms with van der Waals surface area (Å²) in [4.78, 5) is 59.3. The van der Waals surface area contributed by atoms with Crippen molar-refractivity contribution in [1.29, 1.82) is 0 Å². The average Bonchev–Trinajstić information content (AvgIpc) is 2.60. The lowest BCUT2D eigenvalue weighted by Crippen LogP contribution is -2.59. The number of hydrogen-bond acceptors (Lipinski definition) is 7. The summed E-state index contributed by atoms with van der Waals surface area (Å²) in [6.07, 6.45) is -1.57. The third-order valence-electron chi connectivity index (χ3n) is 4.11. The first kappa shape index (κ1) is 27.3. The van der Waals surface area contributed by atoms with E-state index < -0.39 is 59.9 Å². The summed E-state index contributed by atoms with van der Waals surface area (Å²) < 4.78 is 0. The minimum atomic E-state index is -1.37. The third-order valence-corrected chi connectivity index (χ3v) is 4.11. The van der Waals surface area contributed by atoms with Gasteiger partial charge in [-0.25, -0.2) is 4.79 Å². The van der Waals surface area contributed by atoms with E-state index in [0.29, 0.717) is 0 Å². The molecule has 4 amide bonds. The maximum Gasteiger partial charge on any atom is 0.326 e. The minimum Gasteiger partial charge on any atom is -0.480 e. The zero-order valence-electron chi connectivity index (χ0n) is 17.7. The number of aliphatic hydroxyl groups excluding tert-OH is 1. The maximum absolute atomic E-state index is 12.6. The summed E-state index contributed by atoms with van der Waals surface area (Å²) in [7, 11) is 0. The van der Waals surface area contributed by atoms with Crippen LogP contribution in [0.3, 0.4) is 0 Å². The Morgan fingerprint density at radius 1 is 0.867 bits per heavy atom. The predicted molar refractivity (Wildman–Crippen MR) is 107 cm³/mol. The first-order chi connectivity index (χ1) is 13.8. The van der Waals surface area contributed by atoms with Crippen LogP contribution in [-0.2, 0) is 24.0 Å². The van der Waals surface area contributed by atoms with Gasteiger partial charge in [-0.2, -0.15) is 0 Å². The van der Waals surface area contributed by atoms with Crippen LogP contribution in [0.2, 0.25) is 0 Å². The summed E-state index contributed by atoms with van der Waals surface area (Å²) in [5, 5.41) is 26.1. The van der Waals surface area contributed by atoms with Gasteiger partial charge in [0.1, 0.15) is 18.1 Å². The number of carboxylic acids is 1. The van der Waals surface area contributed by atoms with Gasteiger partial charge in [0.05, 0.1) is 12.1 Å². The van der Waals surface area contributed by atoms with Crippen molar-refractivity contribution in [3.63, 3.8) is 0 Å². The number of primary amides is 1. The van der Waals surface area contributed by atoms with E-state index in [0.717, 1.165) is 0 Å². The second-order valence-corrected chi connectivity index (χ2v) is 7.61. The van der Waals surface area contributed by atoms with Crippen LogP contribution in [-0.4, -0.2) is 70.1 Å². The quantitative estimate of drug-likeness (QED) is 0.166. The Morgan fingerprint density at radius 2 is 1.40 bits per heavy atom. The molecule has 0 aromatic carbocycles. The van der Waals surface area contributed by atoms with Gasteiger partial charge in [0.25, 0.3) is 0 Å². The van der Waals surface area contributed by atoms with Crippen LogP contribution in [0, 0.1) is 5.92 Å². The zero-order chi connectivity index (χ0) is 23.6. The molecule has 0 spiro atoms. The molecule has 0 aromatic rings. The normalized spacial score (nSPS) is 16.0. The number of hydrogen-bond donors (Lipinski definition) is 7. The van der Waals surface area contributed by atoms with Gasteiger partial charge in [0.2, 0.25) is 23.6 Å². The standard InChI is InChI=1S/C18H33N5O7/c1-8(2)7-12(16(27)21-11(18(29)30)5-6-13(20)25)22-17(28)14(10(4)24)23-15(26)9(3)19/h8-12,14,24H,5-7,19H2,1-4H3,(H2,20,25)(H,21,27)(H,22,28)(H,23,26)(H,29,30). The lowest BCUT2D eigenvalue weighted by molar-refractivity contribution is -0.142. The Bertz CT molecular complexity index is 636. The lowest BCUT2D eigenvalue weighted by Gasteiger charge is -2.26. The van der Waals surface area contributed by atoms with Gasteiger partial charge in [0.15, 0.2) is 0 Å². The number of nitrogens with two attached hydrogens (primary N) is 2. The van der Waals surface area contributed by atoms with Crippen molar-refractivity contribution in [3.8, 4) is 0 Å². The summed E-state index contributed by atoms with van der Waals surface area (Å²) in [5.41, 5.74) is 10.5. The van der Waals surface area contributed by atoms with Gasteiger partial charge in [0, 0.05) is 6.42 Å². The third kappa shape index (κ3) is 10.2. The van der Waals surface area contributed by atoms with Crippen LogP contribution in [0.1, 0.15) is 47.0 Å². The smallest absolute Gasteiger partial charge is 0.326 e. The molecule has 172 valence electrons. The molecule has 12 nitrogen and oxygen atoms in total. The SMILES string of the molecule is CC(C)CC(NC(=O)C(NC(=O)C(C)N)C(C)O)C(=O)NC(CCC(N)=O)C(=O)O. The molecule has 30 heavy (non-hydrogen) atoms. The Labute approximate surface area is 175 Å². The zero-order valence-corrected chi connectivity index (χ0v) is 17.7. The number of aliphatic hydroxyl groups is 1. The maximum atomic E-state index is 12.6. The molecule has 0 saturated heterocycles. The lowest BCUT2D eigenvalue weighted by atomic mass is 10.0. The van der Waals surface area contributed by atoms with Crippen LogP contribution in [0.25, 0.3) is 0 Å². The molecule has 9 N–H and O–H groups in total. The summed E-state index contributed by atoms with van der Waals surface area (Å²) in [6, 6.07) is -4.80. The van der Waals surface area contributed by atoms with Gasteiger partial charge in [-0.05, 0) is 32.6 Å². The van der Waals surface area contributed by atoms with Crippen LogP contribution in [0.5, 0.6) is 0 Å². The van der Waals surface area contributed by atoms with E-state index in [4.69, 9.17) is 11.5 Å². The second-order valence-electron chi connectivity index (χ2n) is 7.61. The van der Waals surface area contributed by atoms with Crippen molar-refractivity contribution in [2.75, 3.05) is 0 Å². The fourth-order valence-electron chi connectivity index (χ4n) is 2.47. The Morgan fingerprint density at radius 3 is 1.80 bits per heavy atom. The van der Waals surface area contributed by atoms with E-state index in [-0.39, 0.29) is 25.2 Å². The van der Waals surface area contributed by atoms with E-state index >= 15 is 0 Å². The second kappa shape index (κ2) is 12.8. The molecule has 0 radical (unpaired) electrons. The number of rotatable bonds is 13. The van der Waals surface area contributed by atoms with Gasteiger partial charge in [-0.3, -0.25) is 19.2 Å². The first-order valence-corrected chi connectivity index (χ1v) is 9.62. The van der Waals surface area contributed by atoms with Crippen molar-refractivity contribution >= 4 is 29.6 Å². The first-order valence-electron chi connectivity index (χ1n) is 9.62. The molecule has 0 rings (SSSR count). The molecule has 0 heterocycles. The van der Waals surface area contributed by atoms with Gasteiger partial charge in [-0.1, -0.05) is 13.8 Å². The molecule has 0 fully saturated rings. The molecular weight excluding hydrogens is 398 g/mol. The molecule has 0 aliphatic carbocycles. The van der Waals surface area contributed by atoms with Crippen LogP contribution < -0.4 is 27.4 Å². The Kier molecular flexibility index (Phi) is 11.6. The predicted octanol–water partition coefficient (Wildman–Crippen LogP) is -2.43. The van der Waals surface area contributed by atoms with Gasteiger partial charge < -0.3 is 37.6 Å². The van der Waals surface area contributed by atoms with Crippen LogP contribution in [0.4, 0.5) is 0 Å². The number of nitrogens with one attached hydrogen (secondary N) is 3. The Balaban J connectivity index is 5.38. The highest BCUT2D eigenvalue weighted by Gasteiger charge is 2.32. The topological polar surface area (TPSA) is 214 Å². The molecule has 12 heteroatoms. The van der Waals surface area contributed by atoms with E-state index in [9.17, 15) is 34.2 Å². The molecule has 0 aliphatic rings. The molecule has 5 unspecified atom stereocenters. The highest BCUT2D eigenvalue weighted by molar-refractivity contribution is 5.94. The average molecular weight is 431 g/mol. The fraction of sp³-hybridized carbons (Fsp3) is 0.722. The van der Waals surface area contributed by atoms with Crippen molar-refractivity contribution in [3.05, 3.63) is 0 Å². The number of carboxylic acid groups (broad SMARTS) is 1. The van der Waals surface area contributed by atoms with Crippen LogP contribution in [0.15, 0.2) is 0 Å². The van der Waals surface area contributed by atoms with Gasteiger partial charge >= 0.3 is 5.97 Å². The summed E-state index contributed by atoms with van der Waals surface area (Å²) in [5.74, 6) is -4.41. The van der Waals surface area contributed by atoms with Crippen LogP contribution >= 0.6 is 0 Å². The largest absolute Gasteiger partial charge is 0.480 e. The van der Waals surface area contributed by atoms with Crippen molar-refractivity contribution in [1.82, 2.24) is 16.0 Å². The monoisotopic (exact) mass is 431 g/mol. The fourth-order valence-corrected chi connectivity index (χ4v) is 2.47. The molecule has 5 atom stereocenters. The summed E-state index contributed by atoms with van der Waals surface area (Å²) >= 11 is 0. The van der Waals surface area contributed by atoms with Crippen molar-refractivity contribution < 1.29 is 34.2 Å². The van der Waals surface area contributed by atoms with E-state index in [1.54, 1.807) is 13.8 Å². The Hall–Kier alpha value is -2.73. The highest BCUT2D eigenvalue weighted by Crippen LogP contribution is 2.08. The summed E-state index contributed by atoms with van der Waals surface area (Å²) in [6.45, 7) is 6.27. The van der Waals surface area contributed by atoms with E-state index in [2.05, 4.69) is 16.0 Å². The van der Waals surface area contributed by atoms with Crippen molar-refractivity contribution in [2.24, 2.45) is 17.4 Å². The van der Waals surface area contributed by atoms with E-state index in [1.807, 2.05) is 0 Å². The highest BCUT2D eigenvalue weighted by atomic mass is 16.4. The molecule has 0 bridgehead atoms. The minimum absolute atomic E-state index is 0.0568.